The highest BCUT2D eigenvalue weighted by molar-refractivity contribution is 5.84. The second-order valence-electron chi connectivity index (χ2n) is 5.99. The third-order valence-electron chi connectivity index (χ3n) is 4.43. The summed E-state index contributed by atoms with van der Waals surface area (Å²) in [7, 11) is 0. The van der Waals surface area contributed by atoms with E-state index in [1.54, 1.807) is 0 Å². The molecular formula is C23H19N. The Morgan fingerprint density at radius 3 is 2.21 bits per heavy atom. The third-order valence-corrected chi connectivity index (χ3v) is 4.43. The van der Waals surface area contributed by atoms with Crippen molar-refractivity contribution in [3.63, 3.8) is 0 Å². The van der Waals surface area contributed by atoms with E-state index in [9.17, 15) is 0 Å². The minimum atomic E-state index is 0.975. The van der Waals surface area contributed by atoms with Crippen LogP contribution in [0.2, 0.25) is 0 Å². The molecule has 1 nitrogen and oxygen atoms in total. The Hall–Kier alpha value is -2.93. The van der Waals surface area contributed by atoms with E-state index >= 15 is 0 Å². The Bertz CT molecular complexity index is 987. The van der Waals surface area contributed by atoms with E-state index in [4.69, 9.17) is 4.98 Å². The molecule has 0 radical (unpaired) electrons. The number of pyridine rings is 1. The van der Waals surface area contributed by atoms with Crippen LogP contribution in [0.3, 0.4) is 0 Å². The van der Waals surface area contributed by atoms with E-state index in [1.807, 2.05) is 12.1 Å². The van der Waals surface area contributed by atoms with E-state index in [2.05, 4.69) is 79.7 Å². The fraction of sp³-hybridized carbons (Fsp3) is 0.0870. The molecule has 0 saturated carbocycles. The molecule has 0 aliphatic heterocycles. The maximum atomic E-state index is 4.95. The molecular weight excluding hydrogens is 290 g/mol. The van der Waals surface area contributed by atoms with Crippen molar-refractivity contribution in [3.05, 3.63) is 90.5 Å². The summed E-state index contributed by atoms with van der Waals surface area (Å²) < 4.78 is 0. The van der Waals surface area contributed by atoms with E-state index < -0.39 is 0 Å². The summed E-state index contributed by atoms with van der Waals surface area (Å²) in [6.07, 6.45) is 0.975. The number of benzene rings is 3. The zero-order chi connectivity index (χ0) is 16.4. The Kier molecular flexibility index (Phi) is 3.84. The monoisotopic (exact) mass is 309 g/mol. The molecule has 116 valence electrons. The van der Waals surface area contributed by atoms with Crippen LogP contribution in [-0.4, -0.2) is 4.98 Å². The van der Waals surface area contributed by atoms with Gasteiger partial charge in [-0.1, -0.05) is 73.7 Å². The molecule has 4 aromatic rings. The topological polar surface area (TPSA) is 12.9 Å². The summed E-state index contributed by atoms with van der Waals surface area (Å²) in [4.78, 5) is 4.95. The maximum Gasteiger partial charge on any atom is 0.0741 e. The van der Waals surface area contributed by atoms with Crippen LogP contribution >= 0.6 is 0 Å². The van der Waals surface area contributed by atoms with Gasteiger partial charge >= 0.3 is 0 Å². The van der Waals surface area contributed by atoms with Crippen LogP contribution in [0.25, 0.3) is 33.3 Å². The number of hydrogen-bond acceptors (Lipinski definition) is 1. The normalized spacial score (nSPS) is 10.9. The first-order chi connectivity index (χ1) is 11.8. The van der Waals surface area contributed by atoms with Gasteiger partial charge in [0.1, 0.15) is 0 Å². The molecule has 0 aliphatic carbocycles. The van der Waals surface area contributed by atoms with Gasteiger partial charge in [0, 0.05) is 10.9 Å². The van der Waals surface area contributed by atoms with Crippen LogP contribution in [0.5, 0.6) is 0 Å². The van der Waals surface area contributed by atoms with Gasteiger partial charge in [-0.05, 0) is 41.3 Å². The van der Waals surface area contributed by atoms with Crippen LogP contribution in [0.1, 0.15) is 12.5 Å². The highest BCUT2D eigenvalue weighted by atomic mass is 14.7. The number of aromatic nitrogens is 1. The summed E-state index contributed by atoms with van der Waals surface area (Å²) in [5, 5.41) is 1.21. The van der Waals surface area contributed by atoms with Gasteiger partial charge in [-0.3, -0.25) is 0 Å². The molecule has 0 spiro atoms. The number of para-hydroxylation sites is 1. The number of rotatable bonds is 3. The Morgan fingerprint density at radius 1 is 0.667 bits per heavy atom. The van der Waals surface area contributed by atoms with Gasteiger partial charge in [0.2, 0.25) is 0 Å². The quantitative estimate of drug-likeness (QED) is 0.443. The highest BCUT2D eigenvalue weighted by Crippen LogP contribution is 2.29. The Labute approximate surface area is 142 Å². The predicted octanol–water partition coefficient (Wildman–Crippen LogP) is 6.13. The molecule has 1 heteroatoms. The van der Waals surface area contributed by atoms with E-state index in [0.717, 1.165) is 17.6 Å². The summed E-state index contributed by atoms with van der Waals surface area (Å²) in [6, 6.07) is 29.8. The van der Waals surface area contributed by atoms with Crippen molar-refractivity contribution in [2.45, 2.75) is 13.3 Å². The SMILES string of the molecule is CCc1cc2ccccc2nc1-c1cccc(-c2ccccc2)c1. The van der Waals surface area contributed by atoms with Crippen molar-refractivity contribution >= 4 is 10.9 Å². The molecule has 0 N–H and O–H groups in total. The van der Waals surface area contributed by atoms with Crippen LogP contribution < -0.4 is 0 Å². The first-order valence-electron chi connectivity index (χ1n) is 8.39. The first kappa shape index (κ1) is 14.6. The summed E-state index contributed by atoms with van der Waals surface area (Å²) >= 11 is 0. The largest absolute Gasteiger partial charge is 0.248 e. The first-order valence-corrected chi connectivity index (χ1v) is 8.39. The number of aryl methyl sites for hydroxylation is 1. The van der Waals surface area contributed by atoms with Gasteiger partial charge < -0.3 is 0 Å². The van der Waals surface area contributed by atoms with E-state index in [0.29, 0.717) is 0 Å². The number of fused-ring (bicyclic) bond motifs is 1. The summed E-state index contributed by atoms with van der Waals surface area (Å²) in [5.41, 5.74) is 7.07. The minimum Gasteiger partial charge on any atom is -0.248 e. The number of hydrogen-bond donors (Lipinski definition) is 0. The fourth-order valence-corrected chi connectivity index (χ4v) is 3.16. The smallest absolute Gasteiger partial charge is 0.0741 e. The zero-order valence-corrected chi connectivity index (χ0v) is 13.7. The molecule has 24 heavy (non-hydrogen) atoms. The fourth-order valence-electron chi connectivity index (χ4n) is 3.16. The highest BCUT2D eigenvalue weighted by Gasteiger charge is 2.09. The summed E-state index contributed by atoms with van der Waals surface area (Å²) in [6.45, 7) is 2.19. The number of nitrogens with zero attached hydrogens (tertiary/aromatic N) is 1. The lowest BCUT2D eigenvalue weighted by atomic mass is 9.97. The van der Waals surface area contributed by atoms with Gasteiger partial charge in [-0.25, -0.2) is 4.98 Å². The molecule has 0 bridgehead atoms. The van der Waals surface area contributed by atoms with Crippen molar-refractivity contribution in [2.24, 2.45) is 0 Å². The summed E-state index contributed by atoms with van der Waals surface area (Å²) in [5.74, 6) is 0. The van der Waals surface area contributed by atoms with Gasteiger partial charge in [-0.15, -0.1) is 0 Å². The van der Waals surface area contributed by atoms with Gasteiger partial charge in [0.25, 0.3) is 0 Å². The van der Waals surface area contributed by atoms with Crippen LogP contribution in [0, 0.1) is 0 Å². The molecule has 0 atom stereocenters. The Morgan fingerprint density at radius 2 is 1.38 bits per heavy atom. The van der Waals surface area contributed by atoms with E-state index in [1.165, 1.54) is 27.6 Å². The molecule has 0 aliphatic rings. The van der Waals surface area contributed by atoms with Crippen LogP contribution in [0.4, 0.5) is 0 Å². The third kappa shape index (κ3) is 2.69. The van der Waals surface area contributed by atoms with E-state index in [-0.39, 0.29) is 0 Å². The molecule has 0 amide bonds. The minimum absolute atomic E-state index is 0.975. The lowest BCUT2D eigenvalue weighted by Gasteiger charge is -2.11. The average Bonchev–Trinajstić information content (AvgIpc) is 2.67. The molecule has 3 aromatic carbocycles. The van der Waals surface area contributed by atoms with Gasteiger partial charge in [0.05, 0.1) is 11.2 Å². The maximum absolute atomic E-state index is 4.95. The van der Waals surface area contributed by atoms with Crippen molar-refractivity contribution < 1.29 is 0 Å². The second kappa shape index (κ2) is 6.29. The van der Waals surface area contributed by atoms with Gasteiger partial charge in [-0.2, -0.15) is 0 Å². The lowest BCUT2D eigenvalue weighted by molar-refractivity contribution is 1.12. The zero-order valence-electron chi connectivity index (χ0n) is 13.7. The molecule has 0 saturated heterocycles. The van der Waals surface area contributed by atoms with Crippen molar-refractivity contribution in [1.82, 2.24) is 4.98 Å². The standard InChI is InChI=1S/C23H19N/c1-2-17-15-20-11-6-7-14-22(20)24-23(17)21-13-8-12-19(16-21)18-9-4-3-5-10-18/h3-16H,2H2,1H3. The van der Waals surface area contributed by atoms with Crippen molar-refractivity contribution in [2.75, 3.05) is 0 Å². The molecule has 1 aromatic heterocycles. The molecule has 4 rings (SSSR count). The van der Waals surface area contributed by atoms with Crippen molar-refractivity contribution in [3.8, 4) is 22.4 Å². The molecule has 1 heterocycles. The Balaban J connectivity index is 1.88. The van der Waals surface area contributed by atoms with Gasteiger partial charge in [0.15, 0.2) is 0 Å². The second-order valence-corrected chi connectivity index (χ2v) is 5.99. The van der Waals surface area contributed by atoms with Crippen molar-refractivity contribution in [1.29, 1.82) is 0 Å². The average molecular weight is 309 g/mol. The lowest BCUT2D eigenvalue weighted by Crippen LogP contribution is -1.93. The predicted molar refractivity (Wildman–Crippen MR) is 102 cm³/mol. The molecule has 0 unspecified atom stereocenters. The van der Waals surface area contributed by atoms with Crippen LogP contribution in [0.15, 0.2) is 84.9 Å². The molecule has 0 fully saturated rings. The van der Waals surface area contributed by atoms with Crippen LogP contribution in [-0.2, 0) is 6.42 Å².